The van der Waals surface area contributed by atoms with E-state index in [4.69, 9.17) is 11.6 Å². The maximum absolute atomic E-state index is 13.5. The molecular weight excluding hydrogens is 301 g/mol. The molecule has 1 saturated heterocycles. The summed E-state index contributed by atoms with van der Waals surface area (Å²) < 4.78 is 36.2. The van der Waals surface area contributed by atoms with E-state index in [0.29, 0.717) is 34.6 Å². The fourth-order valence-electron chi connectivity index (χ4n) is 2.45. The van der Waals surface area contributed by atoms with Gasteiger partial charge >= 0.3 is 0 Å². The Labute approximate surface area is 124 Å². The second kappa shape index (κ2) is 6.87. The Morgan fingerprint density at radius 2 is 2.00 bits per heavy atom. The molecule has 1 heterocycles. The molecule has 2 rings (SSSR count). The van der Waals surface area contributed by atoms with Gasteiger partial charge in [-0.05, 0) is 43.9 Å². The summed E-state index contributed by atoms with van der Waals surface area (Å²) in [5.74, 6) is 0.754. The Morgan fingerprint density at radius 1 is 1.30 bits per heavy atom. The first-order valence-corrected chi connectivity index (χ1v) is 9.02. The highest BCUT2D eigenvalue weighted by molar-refractivity contribution is 7.91. The summed E-state index contributed by atoms with van der Waals surface area (Å²) in [7, 11) is -2.79. The molecule has 3 nitrogen and oxygen atoms in total. The number of benzene rings is 1. The first kappa shape index (κ1) is 15.7. The molecule has 0 aliphatic carbocycles. The van der Waals surface area contributed by atoms with E-state index in [1.807, 2.05) is 0 Å². The standard InChI is InChI=1S/C14H19ClFNO2S/c15-13-2-1-3-14(16)12(13)10-17-7-4-11-5-8-20(18,19)9-6-11/h1-3,11,17H,4-10H2. The number of rotatable bonds is 5. The van der Waals surface area contributed by atoms with Gasteiger partial charge in [-0.3, -0.25) is 0 Å². The Balaban J connectivity index is 1.72. The van der Waals surface area contributed by atoms with Crippen LogP contribution in [0.5, 0.6) is 0 Å². The van der Waals surface area contributed by atoms with Crippen LogP contribution in [0.2, 0.25) is 5.02 Å². The third-order valence-electron chi connectivity index (χ3n) is 3.77. The fraction of sp³-hybridized carbons (Fsp3) is 0.571. The Kier molecular flexibility index (Phi) is 5.41. The van der Waals surface area contributed by atoms with Crippen molar-refractivity contribution in [2.75, 3.05) is 18.1 Å². The van der Waals surface area contributed by atoms with Gasteiger partial charge in [0, 0.05) is 17.1 Å². The molecule has 1 aromatic rings. The molecule has 6 heteroatoms. The van der Waals surface area contributed by atoms with E-state index in [0.717, 1.165) is 25.8 Å². The van der Waals surface area contributed by atoms with Gasteiger partial charge in [-0.1, -0.05) is 17.7 Å². The SMILES string of the molecule is O=S1(=O)CCC(CCNCc2c(F)cccc2Cl)CC1. The molecular formula is C14H19ClFNO2S. The molecule has 0 unspecified atom stereocenters. The summed E-state index contributed by atoms with van der Waals surface area (Å²) in [6, 6.07) is 4.66. The Morgan fingerprint density at radius 3 is 2.65 bits per heavy atom. The highest BCUT2D eigenvalue weighted by atomic mass is 35.5. The lowest BCUT2D eigenvalue weighted by Crippen LogP contribution is -2.26. The van der Waals surface area contributed by atoms with Crippen LogP contribution in [-0.2, 0) is 16.4 Å². The molecule has 112 valence electrons. The lowest BCUT2D eigenvalue weighted by Gasteiger charge is -2.21. The monoisotopic (exact) mass is 319 g/mol. The maximum Gasteiger partial charge on any atom is 0.150 e. The van der Waals surface area contributed by atoms with Crippen LogP contribution in [0.15, 0.2) is 18.2 Å². The predicted molar refractivity (Wildman–Crippen MR) is 79.1 cm³/mol. The quantitative estimate of drug-likeness (QED) is 0.849. The van der Waals surface area contributed by atoms with Gasteiger partial charge < -0.3 is 5.32 Å². The van der Waals surface area contributed by atoms with Crippen LogP contribution in [0, 0.1) is 11.7 Å². The van der Waals surface area contributed by atoms with Crippen LogP contribution in [0.1, 0.15) is 24.8 Å². The van der Waals surface area contributed by atoms with Crippen molar-refractivity contribution in [1.82, 2.24) is 5.32 Å². The van der Waals surface area contributed by atoms with Crippen molar-refractivity contribution in [2.24, 2.45) is 5.92 Å². The van der Waals surface area contributed by atoms with E-state index in [9.17, 15) is 12.8 Å². The van der Waals surface area contributed by atoms with Crippen LogP contribution in [0.3, 0.4) is 0 Å². The maximum atomic E-state index is 13.5. The van der Waals surface area contributed by atoms with Gasteiger partial charge in [0.25, 0.3) is 0 Å². The van der Waals surface area contributed by atoms with Crippen LogP contribution in [0.25, 0.3) is 0 Å². The first-order valence-electron chi connectivity index (χ1n) is 6.82. The van der Waals surface area contributed by atoms with Gasteiger partial charge in [-0.2, -0.15) is 0 Å². The molecule has 0 saturated carbocycles. The molecule has 20 heavy (non-hydrogen) atoms. The zero-order valence-corrected chi connectivity index (χ0v) is 12.8. The minimum absolute atomic E-state index is 0.297. The van der Waals surface area contributed by atoms with Crippen molar-refractivity contribution in [3.05, 3.63) is 34.6 Å². The highest BCUT2D eigenvalue weighted by Crippen LogP contribution is 2.22. The third-order valence-corrected chi connectivity index (χ3v) is 5.84. The van der Waals surface area contributed by atoms with Crippen molar-refractivity contribution >= 4 is 21.4 Å². The van der Waals surface area contributed by atoms with Crippen LogP contribution >= 0.6 is 11.6 Å². The van der Waals surface area contributed by atoms with Crippen molar-refractivity contribution < 1.29 is 12.8 Å². The van der Waals surface area contributed by atoms with Crippen LogP contribution in [0.4, 0.5) is 4.39 Å². The van der Waals surface area contributed by atoms with Gasteiger partial charge in [0.2, 0.25) is 0 Å². The minimum atomic E-state index is -2.79. The molecule has 1 fully saturated rings. The topological polar surface area (TPSA) is 46.2 Å². The van der Waals surface area contributed by atoms with Gasteiger partial charge in [-0.25, -0.2) is 12.8 Å². The molecule has 0 aromatic heterocycles. The molecule has 0 atom stereocenters. The van der Waals surface area contributed by atoms with E-state index >= 15 is 0 Å². The van der Waals surface area contributed by atoms with Crippen molar-refractivity contribution in [3.8, 4) is 0 Å². The first-order chi connectivity index (χ1) is 9.48. The van der Waals surface area contributed by atoms with E-state index in [1.54, 1.807) is 12.1 Å². The summed E-state index contributed by atoms with van der Waals surface area (Å²) in [4.78, 5) is 0. The number of sulfone groups is 1. The average Bonchev–Trinajstić information content (AvgIpc) is 2.39. The van der Waals surface area contributed by atoms with E-state index < -0.39 is 9.84 Å². The Hall–Kier alpha value is -0.650. The molecule has 1 aromatic carbocycles. The molecule has 1 aliphatic heterocycles. The summed E-state index contributed by atoms with van der Waals surface area (Å²) in [5.41, 5.74) is 0.486. The zero-order chi connectivity index (χ0) is 14.6. The van der Waals surface area contributed by atoms with Gasteiger partial charge in [0.05, 0.1) is 11.5 Å². The summed E-state index contributed by atoms with van der Waals surface area (Å²) in [6.07, 6.45) is 2.40. The Bertz CT molecular complexity index is 528. The average molecular weight is 320 g/mol. The molecule has 0 bridgehead atoms. The molecule has 0 radical (unpaired) electrons. The summed E-state index contributed by atoms with van der Waals surface area (Å²) in [5, 5.41) is 3.61. The van der Waals surface area contributed by atoms with Gasteiger partial charge in [0.1, 0.15) is 15.7 Å². The lowest BCUT2D eigenvalue weighted by molar-refractivity contribution is 0.421. The molecule has 1 aliphatic rings. The third kappa shape index (κ3) is 4.43. The lowest BCUT2D eigenvalue weighted by atomic mass is 9.99. The number of nitrogens with one attached hydrogen (secondary N) is 1. The van der Waals surface area contributed by atoms with Crippen molar-refractivity contribution in [1.29, 1.82) is 0 Å². The summed E-state index contributed by atoms with van der Waals surface area (Å²) in [6.45, 7) is 1.14. The van der Waals surface area contributed by atoms with Crippen LogP contribution in [-0.4, -0.2) is 26.5 Å². The smallest absolute Gasteiger partial charge is 0.150 e. The zero-order valence-electron chi connectivity index (χ0n) is 11.2. The molecule has 1 N–H and O–H groups in total. The van der Waals surface area contributed by atoms with E-state index in [2.05, 4.69) is 5.32 Å². The number of halogens is 2. The highest BCUT2D eigenvalue weighted by Gasteiger charge is 2.22. The fourth-order valence-corrected chi connectivity index (χ4v) is 4.27. The predicted octanol–water partition coefficient (Wildman–Crippen LogP) is 2.78. The van der Waals surface area contributed by atoms with E-state index in [-0.39, 0.29) is 5.82 Å². The van der Waals surface area contributed by atoms with Gasteiger partial charge in [-0.15, -0.1) is 0 Å². The summed E-state index contributed by atoms with van der Waals surface area (Å²) >= 11 is 5.94. The second-order valence-electron chi connectivity index (χ2n) is 5.26. The molecule has 0 amide bonds. The number of hydrogen-bond acceptors (Lipinski definition) is 3. The van der Waals surface area contributed by atoms with Crippen LogP contribution < -0.4 is 5.32 Å². The normalized spacial score (nSPS) is 19.1. The second-order valence-corrected chi connectivity index (χ2v) is 7.97. The van der Waals surface area contributed by atoms with E-state index in [1.165, 1.54) is 6.07 Å². The van der Waals surface area contributed by atoms with Gasteiger partial charge in [0.15, 0.2) is 0 Å². The van der Waals surface area contributed by atoms with Crippen molar-refractivity contribution in [2.45, 2.75) is 25.8 Å². The van der Waals surface area contributed by atoms with Crippen molar-refractivity contribution in [3.63, 3.8) is 0 Å². The number of hydrogen-bond donors (Lipinski definition) is 1. The minimum Gasteiger partial charge on any atom is -0.313 e. The largest absolute Gasteiger partial charge is 0.313 e. The molecule has 0 spiro atoms.